The van der Waals surface area contributed by atoms with Crippen LogP contribution in [0.2, 0.25) is 0 Å². The second-order valence-electron chi connectivity index (χ2n) is 9.82. The lowest BCUT2D eigenvalue weighted by Crippen LogP contribution is -1.89. The highest BCUT2D eigenvalue weighted by atomic mass is 16.4. The zero-order valence-electron chi connectivity index (χ0n) is 24.4. The Balaban J connectivity index is -0.000000538. The highest BCUT2D eigenvalue weighted by molar-refractivity contribution is 5.68. The molecular weight excluding hydrogens is 448 g/mol. The van der Waals surface area contributed by atoms with Crippen LogP contribution in [-0.2, 0) is 9.59 Å². The van der Waals surface area contributed by atoms with Crippen molar-refractivity contribution in [3.63, 3.8) is 0 Å². The van der Waals surface area contributed by atoms with Crippen LogP contribution in [0.25, 0.3) is 0 Å². The molecule has 36 heavy (non-hydrogen) atoms. The summed E-state index contributed by atoms with van der Waals surface area (Å²) in [6.07, 6.45) is 36.0. The topological polar surface area (TPSA) is 74.6 Å². The molecule has 0 rings (SSSR count). The fourth-order valence-electron chi connectivity index (χ4n) is 3.83. The first-order valence-corrected chi connectivity index (χ1v) is 15.1. The van der Waals surface area contributed by atoms with E-state index in [0.29, 0.717) is 0 Å². The third kappa shape index (κ3) is 53.7. The van der Waals surface area contributed by atoms with E-state index in [1.807, 2.05) is 12.2 Å². The van der Waals surface area contributed by atoms with Crippen LogP contribution in [0.5, 0.6) is 0 Å². The van der Waals surface area contributed by atoms with Gasteiger partial charge in [-0.15, -0.1) is 6.58 Å². The standard InChI is InChI=1S/C16H30O2.C14H28.C2H4O2/c1-2-3-4-5-6-7-8-9-10-11-12-13-14-15-16(17)18;1-3-5-7-9-11-13-14-12-10-8-6-4-2;1-2(3)4/h13-14H,2-12,15H2,1H3,(H,17,18);3H,1,4-14H2,2H3;1H3,(H,3,4). The SMILES string of the molecule is C=CCCCCCCCCCCCC.CC(=O)O.CCCCCCCCCCCCC=CCC(=O)O. The lowest BCUT2D eigenvalue weighted by molar-refractivity contribution is -0.136. The lowest BCUT2D eigenvalue weighted by atomic mass is 10.1. The van der Waals surface area contributed by atoms with E-state index in [0.717, 1.165) is 13.3 Å². The Bertz CT molecular complexity index is 467. The van der Waals surface area contributed by atoms with Gasteiger partial charge in [0, 0.05) is 6.92 Å². The summed E-state index contributed by atoms with van der Waals surface area (Å²) in [5.41, 5.74) is 0. The summed E-state index contributed by atoms with van der Waals surface area (Å²) >= 11 is 0. The number of hydrogen-bond donors (Lipinski definition) is 2. The van der Waals surface area contributed by atoms with Crippen LogP contribution in [0, 0.1) is 0 Å². The van der Waals surface area contributed by atoms with E-state index < -0.39 is 11.9 Å². The van der Waals surface area contributed by atoms with Gasteiger partial charge in [-0.3, -0.25) is 9.59 Å². The van der Waals surface area contributed by atoms with Crippen molar-refractivity contribution in [2.45, 2.75) is 168 Å². The molecule has 4 nitrogen and oxygen atoms in total. The minimum Gasteiger partial charge on any atom is -0.481 e. The number of carbonyl (C=O) groups is 2. The molecule has 0 bridgehead atoms. The molecule has 0 aromatic rings. The summed E-state index contributed by atoms with van der Waals surface area (Å²) in [5.74, 6) is -1.57. The van der Waals surface area contributed by atoms with E-state index in [9.17, 15) is 4.79 Å². The first-order valence-electron chi connectivity index (χ1n) is 15.1. The molecule has 0 aromatic heterocycles. The van der Waals surface area contributed by atoms with Gasteiger partial charge in [-0.2, -0.15) is 0 Å². The summed E-state index contributed by atoms with van der Waals surface area (Å²) in [6, 6.07) is 0. The fraction of sp³-hybridized carbons (Fsp3) is 0.812. The van der Waals surface area contributed by atoms with Gasteiger partial charge in [0.1, 0.15) is 0 Å². The van der Waals surface area contributed by atoms with Gasteiger partial charge in [-0.1, -0.05) is 148 Å². The largest absolute Gasteiger partial charge is 0.481 e. The zero-order valence-corrected chi connectivity index (χ0v) is 24.4. The second kappa shape index (κ2) is 38.0. The Morgan fingerprint density at radius 1 is 0.556 bits per heavy atom. The van der Waals surface area contributed by atoms with Gasteiger partial charge in [0.15, 0.2) is 0 Å². The molecule has 0 aromatic carbocycles. The maximum atomic E-state index is 10.2. The van der Waals surface area contributed by atoms with Crippen LogP contribution in [0.4, 0.5) is 0 Å². The molecule has 0 aliphatic heterocycles. The Morgan fingerprint density at radius 3 is 1.17 bits per heavy atom. The molecule has 0 fully saturated rings. The average molecular weight is 511 g/mol. The van der Waals surface area contributed by atoms with Crippen molar-refractivity contribution in [3.05, 3.63) is 24.8 Å². The fourth-order valence-corrected chi connectivity index (χ4v) is 3.83. The van der Waals surface area contributed by atoms with Crippen LogP contribution in [-0.4, -0.2) is 22.2 Å². The summed E-state index contributed by atoms with van der Waals surface area (Å²) in [4.78, 5) is 19.2. The second-order valence-corrected chi connectivity index (χ2v) is 9.82. The van der Waals surface area contributed by atoms with Gasteiger partial charge in [-0.25, -0.2) is 0 Å². The van der Waals surface area contributed by atoms with Gasteiger partial charge >= 0.3 is 5.97 Å². The van der Waals surface area contributed by atoms with Gasteiger partial charge in [0.2, 0.25) is 0 Å². The number of allylic oxidation sites excluding steroid dienone is 2. The molecule has 0 saturated heterocycles. The highest BCUT2D eigenvalue weighted by Crippen LogP contribution is 2.12. The van der Waals surface area contributed by atoms with E-state index >= 15 is 0 Å². The number of carboxylic acids is 2. The number of rotatable bonds is 24. The molecule has 2 N–H and O–H groups in total. The Kier molecular flexibility index (Phi) is 41.1. The van der Waals surface area contributed by atoms with Gasteiger partial charge in [0.25, 0.3) is 5.97 Å². The minimum atomic E-state index is -0.833. The summed E-state index contributed by atoms with van der Waals surface area (Å²) in [6.45, 7) is 9.35. The smallest absolute Gasteiger partial charge is 0.307 e. The summed E-state index contributed by atoms with van der Waals surface area (Å²) in [5, 5.41) is 15.9. The molecular formula is C32H62O4. The van der Waals surface area contributed by atoms with E-state index in [-0.39, 0.29) is 6.42 Å². The van der Waals surface area contributed by atoms with Crippen molar-refractivity contribution < 1.29 is 19.8 Å². The Morgan fingerprint density at radius 2 is 0.861 bits per heavy atom. The monoisotopic (exact) mass is 510 g/mol. The Hall–Kier alpha value is -1.58. The first kappa shape index (κ1) is 38.9. The number of carboxylic acid groups (broad SMARTS) is 2. The van der Waals surface area contributed by atoms with Crippen LogP contribution in [0.1, 0.15) is 168 Å². The predicted octanol–water partition coefficient (Wildman–Crippen LogP) is 10.9. The quantitative estimate of drug-likeness (QED) is 0.0999. The van der Waals surface area contributed by atoms with E-state index in [2.05, 4.69) is 20.4 Å². The van der Waals surface area contributed by atoms with Gasteiger partial charge in [-0.05, 0) is 25.7 Å². The minimum absolute atomic E-state index is 0.164. The van der Waals surface area contributed by atoms with E-state index in [1.165, 1.54) is 135 Å². The van der Waals surface area contributed by atoms with Crippen molar-refractivity contribution in [2.75, 3.05) is 0 Å². The third-order valence-electron chi connectivity index (χ3n) is 5.95. The van der Waals surface area contributed by atoms with Crippen molar-refractivity contribution >= 4 is 11.9 Å². The number of unbranched alkanes of at least 4 members (excludes halogenated alkanes) is 20. The van der Waals surface area contributed by atoms with Gasteiger partial charge < -0.3 is 10.2 Å². The molecule has 0 amide bonds. The predicted molar refractivity (Wildman–Crippen MR) is 158 cm³/mol. The van der Waals surface area contributed by atoms with Crippen LogP contribution in [0.3, 0.4) is 0 Å². The van der Waals surface area contributed by atoms with Crippen molar-refractivity contribution in [1.29, 1.82) is 0 Å². The molecule has 4 heteroatoms. The molecule has 214 valence electrons. The zero-order chi connectivity index (χ0) is 27.5. The molecule has 0 unspecified atom stereocenters. The van der Waals surface area contributed by atoms with Gasteiger partial charge in [0.05, 0.1) is 6.42 Å². The van der Waals surface area contributed by atoms with Crippen molar-refractivity contribution in [1.82, 2.24) is 0 Å². The highest BCUT2D eigenvalue weighted by Gasteiger charge is 1.93. The van der Waals surface area contributed by atoms with Crippen molar-refractivity contribution in [2.24, 2.45) is 0 Å². The third-order valence-corrected chi connectivity index (χ3v) is 5.95. The average Bonchev–Trinajstić information content (AvgIpc) is 2.83. The van der Waals surface area contributed by atoms with E-state index in [4.69, 9.17) is 15.0 Å². The lowest BCUT2D eigenvalue weighted by Gasteiger charge is -2.01. The molecule has 0 radical (unpaired) electrons. The first-order chi connectivity index (χ1) is 17.4. The summed E-state index contributed by atoms with van der Waals surface area (Å²) < 4.78 is 0. The van der Waals surface area contributed by atoms with Crippen LogP contribution < -0.4 is 0 Å². The maximum Gasteiger partial charge on any atom is 0.307 e. The molecule has 0 saturated carbocycles. The Labute approximate surface area is 225 Å². The molecule has 0 heterocycles. The molecule has 0 aliphatic rings. The molecule has 0 aliphatic carbocycles. The number of hydrogen-bond acceptors (Lipinski definition) is 2. The molecule has 0 spiro atoms. The van der Waals surface area contributed by atoms with Crippen LogP contribution in [0.15, 0.2) is 24.8 Å². The summed E-state index contributed by atoms with van der Waals surface area (Å²) in [7, 11) is 0. The number of aliphatic carboxylic acids is 2. The van der Waals surface area contributed by atoms with E-state index in [1.54, 1.807) is 6.08 Å². The normalized spacial score (nSPS) is 10.3. The van der Waals surface area contributed by atoms with Crippen molar-refractivity contribution in [3.8, 4) is 0 Å². The molecule has 0 atom stereocenters. The van der Waals surface area contributed by atoms with Crippen LogP contribution >= 0.6 is 0 Å². The maximum absolute atomic E-state index is 10.2.